The van der Waals surface area contributed by atoms with Crippen molar-refractivity contribution in [2.75, 3.05) is 19.4 Å². The van der Waals surface area contributed by atoms with E-state index in [1.165, 1.54) is 6.20 Å². The molecule has 0 saturated carbocycles. The van der Waals surface area contributed by atoms with Gasteiger partial charge >= 0.3 is 5.97 Å². The summed E-state index contributed by atoms with van der Waals surface area (Å²) in [5.41, 5.74) is 1.29. The Morgan fingerprint density at radius 1 is 1.39 bits per heavy atom. The molecule has 2 N–H and O–H groups in total. The molecule has 0 saturated heterocycles. The molecule has 1 heterocycles. The highest BCUT2D eigenvalue weighted by molar-refractivity contribution is 6.30. The zero-order valence-corrected chi connectivity index (χ0v) is 14.5. The lowest BCUT2D eigenvalue weighted by atomic mass is 10.1. The van der Waals surface area contributed by atoms with Crippen molar-refractivity contribution in [1.29, 1.82) is 0 Å². The summed E-state index contributed by atoms with van der Waals surface area (Å²) in [4.78, 5) is 21.6. The molecule has 23 heavy (non-hydrogen) atoms. The number of hydrogen-bond acceptors (Lipinski definition) is 5. The number of carboxylic acids is 1. The summed E-state index contributed by atoms with van der Waals surface area (Å²) in [5, 5.41) is 12.9. The second-order valence-electron chi connectivity index (χ2n) is 5.07. The van der Waals surface area contributed by atoms with Gasteiger partial charge in [0.05, 0.1) is 5.69 Å². The Kier molecular flexibility index (Phi) is 6.75. The average molecular weight is 357 g/mol. The summed E-state index contributed by atoms with van der Waals surface area (Å²) in [6.45, 7) is 1.89. The number of nitrogens with zero attached hydrogens (tertiary/aromatic N) is 3. The summed E-state index contributed by atoms with van der Waals surface area (Å²) >= 11 is 5.94. The first-order valence-corrected chi connectivity index (χ1v) is 7.05. The Labute approximate surface area is 145 Å². The fourth-order valence-corrected chi connectivity index (χ4v) is 2.07. The molecule has 6 nitrogen and oxygen atoms in total. The van der Waals surface area contributed by atoms with Gasteiger partial charge in [-0.2, -0.15) is 0 Å². The van der Waals surface area contributed by atoms with Gasteiger partial charge in [-0.15, -0.1) is 12.4 Å². The highest BCUT2D eigenvalue weighted by atomic mass is 35.5. The van der Waals surface area contributed by atoms with Crippen LogP contribution in [0.25, 0.3) is 0 Å². The van der Waals surface area contributed by atoms with Gasteiger partial charge < -0.3 is 15.3 Å². The first kappa shape index (κ1) is 19.2. The Bertz CT molecular complexity index is 695. The number of carbonyl (C=O) groups is 1. The van der Waals surface area contributed by atoms with Crippen LogP contribution in [0.2, 0.25) is 5.02 Å². The van der Waals surface area contributed by atoms with Gasteiger partial charge in [0.1, 0.15) is 5.56 Å². The minimum absolute atomic E-state index is 0. The van der Waals surface area contributed by atoms with Gasteiger partial charge in [0.2, 0.25) is 5.95 Å². The molecule has 1 atom stereocenters. The molecule has 1 aromatic heterocycles. The van der Waals surface area contributed by atoms with Crippen LogP contribution in [-0.4, -0.2) is 40.0 Å². The fraction of sp³-hybridized carbons (Fsp3) is 0.267. The summed E-state index contributed by atoms with van der Waals surface area (Å²) in [7, 11) is 3.73. The molecule has 0 aliphatic carbocycles. The van der Waals surface area contributed by atoms with Gasteiger partial charge in [0.25, 0.3) is 0 Å². The zero-order chi connectivity index (χ0) is 16.3. The van der Waals surface area contributed by atoms with Gasteiger partial charge in [-0.05, 0) is 39.2 Å². The molecule has 8 heteroatoms. The van der Waals surface area contributed by atoms with E-state index in [0.717, 1.165) is 5.69 Å². The second kappa shape index (κ2) is 8.10. The Morgan fingerprint density at radius 2 is 2.09 bits per heavy atom. The maximum Gasteiger partial charge on any atom is 0.339 e. The van der Waals surface area contributed by atoms with Crippen LogP contribution in [0, 0.1) is 0 Å². The predicted octanol–water partition coefficient (Wildman–Crippen LogP) is 3.62. The molecule has 0 amide bonds. The van der Waals surface area contributed by atoms with Crippen molar-refractivity contribution < 1.29 is 9.90 Å². The highest BCUT2D eigenvalue weighted by Crippen LogP contribution is 2.23. The molecule has 0 bridgehead atoms. The fourth-order valence-electron chi connectivity index (χ4n) is 1.88. The van der Waals surface area contributed by atoms with Crippen LogP contribution in [0.4, 0.5) is 11.6 Å². The number of rotatable bonds is 5. The van der Waals surface area contributed by atoms with E-state index in [0.29, 0.717) is 16.7 Å². The highest BCUT2D eigenvalue weighted by Gasteiger charge is 2.20. The van der Waals surface area contributed by atoms with Crippen molar-refractivity contribution in [3.05, 3.63) is 46.7 Å². The Hall–Kier alpha value is -1.89. The van der Waals surface area contributed by atoms with Crippen LogP contribution in [0.3, 0.4) is 0 Å². The molecule has 1 unspecified atom stereocenters. The standard InChI is InChI=1S/C15H17ClN4O2.ClH/c1-9(20(2)3)13-12(14(21)22)8-17-15(19-13)18-11-6-4-5-10(16)7-11;/h4-9H,1-3H3,(H,21,22)(H,17,18,19);1H. The predicted molar refractivity (Wildman–Crippen MR) is 93.1 cm³/mol. The topological polar surface area (TPSA) is 78.3 Å². The number of benzene rings is 1. The van der Waals surface area contributed by atoms with Crippen molar-refractivity contribution in [2.24, 2.45) is 0 Å². The van der Waals surface area contributed by atoms with E-state index < -0.39 is 5.97 Å². The maximum absolute atomic E-state index is 11.3. The van der Waals surface area contributed by atoms with E-state index in [-0.39, 0.29) is 24.0 Å². The normalized spacial score (nSPS) is 11.7. The minimum atomic E-state index is -1.04. The molecule has 0 spiro atoms. The molecule has 1 aromatic carbocycles. The second-order valence-corrected chi connectivity index (χ2v) is 5.51. The van der Waals surface area contributed by atoms with E-state index in [1.54, 1.807) is 18.2 Å². The monoisotopic (exact) mass is 356 g/mol. The summed E-state index contributed by atoms with van der Waals surface area (Å²) in [5.74, 6) is -0.714. The molecular weight excluding hydrogens is 339 g/mol. The van der Waals surface area contributed by atoms with Gasteiger partial charge in [-0.3, -0.25) is 0 Å². The smallest absolute Gasteiger partial charge is 0.339 e. The molecular formula is C15H18Cl2N4O2. The zero-order valence-electron chi connectivity index (χ0n) is 12.9. The van der Waals surface area contributed by atoms with Crippen molar-refractivity contribution in [2.45, 2.75) is 13.0 Å². The number of aromatic carboxylic acids is 1. The van der Waals surface area contributed by atoms with Crippen molar-refractivity contribution in [3.63, 3.8) is 0 Å². The minimum Gasteiger partial charge on any atom is -0.478 e. The van der Waals surface area contributed by atoms with E-state index in [4.69, 9.17) is 11.6 Å². The van der Waals surface area contributed by atoms with Gasteiger partial charge in [-0.1, -0.05) is 17.7 Å². The van der Waals surface area contributed by atoms with Crippen LogP contribution in [-0.2, 0) is 0 Å². The lowest BCUT2D eigenvalue weighted by Gasteiger charge is -2.21. The first-order chi connectivity index (χ1) is 10.4. The Morgan fingerprint density at radius 3 is 2.65 bits per heavy atom. The lowest BCUT2D eigenvalue weighted by molar-refractivity contribution is 0.0692. The maximum atomic E-state index is 11.3. The largest absolute Gasteiger partial charge is 0.478 e. The third-order valence-corrected chi connectivity index (χ3v) is 3.53. The third kappa shape index (κ3) is 4.79. The molecule has 0 radical (unpaired) electrons. The number of halogens is 2. The average Bonchev–Trinajstić information content (AvgIpc) is 2.46. The van der Waals surface area contributed by atoms with Crippen molar-refractivity contribution in [1.82, 2.24) is 14.9 Å². The molecule has 2 rings (SSSR count). The Balaban J connectivity index is 0.00000264. The number of aromatic nitrogens is 2. The summed E-state index contributed by atoms with van der Waals surface area (Å²) < 4.78 is 0. The van der Waals surface area contributed by atoms with Gasteiger partial charge in [0.15, 0.2) is 0 Å². The van der Waals surface area contributed by atoms with Crippen LogP contribution in [0.1, 0.15) is 29.0 Å². The van der Waals surface area contributed by atoms with E-state index in [9.17, 15) is 9.90 Å². The van der Waals surface area contributed by atoms with Crippen molar-refractivity contribution >= 4 is 41.6 Å². The van der Waals surface area contributed by atoms with Crippen LogP contribution >= 0.6 is 24.0 Å². The molecule has 0 fully saturated rings. The SMILES string of the molecule is CC(c1nc(Nc2cccc(Cl)c2)ncc1C(=O)O)N(C)C.Cl. The number of hydrogen-bond donors (Lipinski definition) is 2. The number of anilines is 2. The molecule has 2 aromatic rings. The van der Waals surface area contributed by atoms with E-state index >= 15 is 0 Å². The molecule has 0 aliphatic rings. The quantitative estimate of drug-likeness (QED) is 0.851. The van der Waals surface area contributed by atoms with Gasteiger partial charge in [-0.25, -0.2) is 14.8 Å². The lowest BCUT2D eigenvalue weighted by Crippen LogP contribution is -2.21. The summed E-state index contributed by atoms with van der Waals surface area (Å²) in [6, 6.07) is 6.98. The van der Waals surface area contributed by atoms with Crippen LogP contribution < -0.4 is 5.32 Å². The molecule has 124 valence electrons. The molecule has 0 aliphatic heterocycles. The number of carboxylic acid groups (broad SMARTS) is 1. The summed E-state index contributed by atoms with van der Waals surface area (Å²) in [6.07, 6.45) is 1.32. The van der Waals surface area contributed by atoms with Crippen LogP contribution in [0.5, 0.6) is 0 Å². The number of nitrogens with one attached hydrogen (secondary N) is 1. The first-order valence-electron chi connectivity index (χ1n) is 6.67. The van der Waals surface area contributed by atoms with Crippen LogP contribution in [0.15, 0.2) is 30.5 Å². The third-order valence-electron chi connectivity index (χ3n) is 3.30. The van der Waals surface area contributed by atoms with Crippen molar-refractivity contribution in [3.8, 4) is 0 Å². The van der Waals surface area contributed by atoms with E-state index in [1.807, 2.05) is 32.0 Å². The van der Waals surface area contributed by atoms with Gasteiger partial charge in [0, 0.05) is 22.9 Å². The van der Waals surface area contributed by atoms with E-state index in [2.05, 4.69) is 15.3 Å².